The van der Waals surface area contributed by atoms with Crippen molar-refractivity contribution in [3.63, 3.8) is 0 Å². The molecular weight excluding hydrogens is 348 g/mol. The van der Waals surface area contributed by atoms with Crippen LogP contribution in [-0.2, 0) is 11.2 Å². The number of quaternary nitrogens is 1. The number of anilines is 1. The quantitative estimate of drug-likeness (QED) is 0.659. The topological polar surface area (TPSA) is 52.0 Å². The Kier molecular flexibility index (Phi) is 7.81. The smallest absolute Gasteiger partial charge is 0.279 e. The highest BCUT2D eigenvalue weighted by Crippen LogP contribution is 2.27. The molecule has 0 bridgehead atoms. The van der Waals surface area contributed by atoms with Gasteiger partial charge in [0.05, 0.1) is 33.5 Å². The molecular formula is C20H27N2O3S+. The molecule has 0 aromatic heterocycles. The lowest BCUT2D eigenvalue weighted by Gasteiger charge is -2.15. The predicted octanol–water partition coefficient (Wildman–Crippen LogP) is 2.12. The van der Waals surface area contributed by atoms with Crippen LogP contribution in [0.3, 0.4) is 0 Å². The zero-order valence-corrected chi connectivity index (χ0v) is 16.6. The molecule has 2 aromatic carbocycles. The van der Waals surface area contributed by atoms with Crippen LogP contribution < -0.4 is 19.7 Å². The third-order valence-corrected chi connectivity index (χ3v) is 4.93. The van der Waals surface area contributed by atoms with Crippen LogP contribution in [0.25, 0.3) is 0 Å². The van der Waals surface area contributed by atoms with Gasteiger partial charge in [0.25, 0.3) is 5.91 Å². The van der Waals surface area contributed by atoms with E-state index >= 15 is 0 Å². The van der Waals surface area contributed by atoms with Gasteiger partial charge in [-0.1, -0.05) is 18.2 Å². The molecule has 2 N–H and O–H groups in total. The summed E-state index contributed by atoms with van der Waals surface area (Å²) in [6.07, 6.45) is 2.87. The molecule has 0 aliphatic heterocycles. The minimum Gasteiger partial charge on any atom is -0.493 e. The molecule has 0 spiro atoms. The predicted molar refractivity (Wildman–Crippen MR) is 107 cm³/mol. The van der Waals surface area contributed by atoms with Crippen molar-refractivity contribution in [2.75, 3.05) is 45.9 Å². The van der Waals surface area contributed by atoms with E-state index in [9.17, 15) is 4.79 Å². The van der Waals surface area contributed by atoms with E-state index in [0.717, 1.165) is 45.5 Å². The van der Waals surface area contributed by atoms with Gasteiger partial charge < -0.3 is 19.7 Å². The summed E-state index contributed by atoms with van der Waals surface area (Å²) in [4.78, 5) is 14.5. The Balaban J connectivity index is 1.86. The molecule has 0 heterocycles. The van der Waals surface area contributed by atoms with E-state index < -0.39 is 0 Å². The third kappa shape index (κ3) is 5.68. The van der Waals surface area contributed by atoms with Crippen molar-refractivity contribution in [2.45, 2.75) is 11.3 Å². The van der Waals surface area contributed by atoms with Crippen LogP contribution in [0.1, 0.15) is 5.56 Å². The molecule has 0 aliphatic rings. The molecule has 0 saturated carbocycles. The Morgan fingerprint density at radius 3 is 2.54 bits per heavy atom. The average Bonchev–Trinajstić information content (AvgIpc) is 2.66. The molecule has 6 heteroatoms. The lowest BCUT2D eigenvalue weighted by atomic mass is 10.1. The fraction of sp³-hybridized carbons (Fsp3) is 0.350. The van der Waals surface area contributed by atoms with Crippen LogP contribution in [-0.4, -0.2) is 46.5 Å². The van der Waals surface area contributed by atoms with E-state index in [1.165, 1.54) is 0 Å². The van der Waals surface area contributed by atoms with Crippen molar-refractivity contribution in [1.82, 2.24) is 0 Å². The number of para-hydroxylation sites is 1. The zero-order valence-electron chi connectivity index (χ0n) is 15.8. The van der Waals surface area contributed by atoms with Gasteiger partial charge in [-0.15, -0.1) is 11.8 Å². The number of amides is 1. The standard InChI is InChI=1S/C20H26N2O3S/c1-22(12-11-15-9-10-17(24-2)18(13-15)25-3)14-20(23)21-16-7-5-6-8-19(16)26-4/h5-10,13H,11-12,14H2,1-4H3,(H,21,23)/p+1. The van der Waals surface area contributed by atoms with Crippen LogP contribution in [0.15, 0.2) is 47.4 Å². The molecule has 1 unspecified atom stereocenters. The van der Waals surface area contributed by atoms with Crippen LogP contribution in [0.2, 0.25) is 0 Å². The number of hydrogen-bond donors (Lipinski definition) is 2. The molecule has 140 valence electrons. The summed E-state index contributed by atoms with van der Waals surface area (Å²) in [5.41, 5.74) is 2.04. The van der Waals surface area contributed by atoms with Gasteiger partial charge in [0.2, 0.25) is 0 Å². The normalized spacial score (nSPS) is 11.7. The molecule has 1 atom stereocenters. The number of ether oxygens (including phenoxy) is 2. The summed E-state index contributed by atoms with van der Waals surface area (Å²) in [6.45, 7) is 1.28. The first-order valence-electron chi connectivity index (χ1n) is 8.52. The summed E-state index contributed by atoms with van der Waals surface area (Å²) in [5.74, 6) is 1.48. The van der Waals surface area contributed by atoms with E-state index in [1.54, 1.807) is 26.0 Å². The Bertz CT molecular complexity index is 737. The minimum atomic E-state index is 0.0244. The van der Waals surface area contributed by atoms with E-state index in [1.807, 2.05) is 55.8 Å². The summed E-state index contributed by atoms with van der Waals surface area (Å²) >= 11 is 1.63. The first-order valence-corrected chi connectivity index (χ1v) is 9.75. The second kappa shape index (κ2) is 10.1. The maximum atomic E-state index is 12.3. The van der Waals surface area contributed by atoms with Crippen molar-refractivity contribution in [1.29, 1.82) is 0 Å². The largest absolute Gasteiger partial charge is 0.493 e. The molecule has 2 rings (SSSR count). The molecule has 1 amide bonds. The first kappa shape index (κ1) is 20.1. The summed E-state index contributed by atoms with van der Waals surface area (Å²) in [7, 11) is 5.29. The molecule has 26 heavy (non-hydrogen) atoms. The van der Waals surface area contributed by atoms with Crippen LogP contribution in [0, 0.1) is 0 Å². The highest BCUT2D eigenvalue weighted by atomic mass is 32.2. The molecule has 0 radical (unpaired) electrons. The SMILES string of the molecule is COc1ccc(CC[NH+](C)CC(=O)Nc2ccccc2SC)cc1OC. The Morgan fingerprint density at radius 2 is 1.85 bits per heavy atom. The fourth-order valence-electron chi connectivity index (χ4n) is 2.70. The monoisotopic (exact) mass is 375 g/mol. The number of carbonyl (C=O) groups excluding carboxylic acids is 1. The Morgan fingerprint density at radius 1 is 1.12 bits per heavy atom. The third-order valence-electron chi connectivity index (χ3n) is 4.13. The fourth-order valence-corrected chi connectivity index (χ4v) is 3.25. The van der Waals surface area contributed by atoms with Crippen molar-refractivity contribution in [2.24, 2.45) is 0 Å². The van der Waals surface area contributed by atoms with E-state index in [-0.39, 0.29) is 5.91 Å². The highest BCUT2D eigenvalue weighted by Gasteiger charge is 2.12. The van der Waals surface area contributed by atoms with Crippen LogP contribution in [0.4, 0.5) is 5.69 Å². The van der Waals surface area contributed by atoms with E-state index in [2.05, 4.69) is 5.32 Å². The van der Waals surface area contributed by atoms with Gasteiger partial charge in [-0.2, -0.15) is 0 Å². The number of thioether (sulfide) groups is 1. The van der Waals surface area contributed by atoms with Crippen molar-refractivity contribution < 1.29 is 19.2 Å². The van der Waals surface area contributed by atoms with Crippen LogP contribution >= 0.6 is 11.8 Å². The highest BCUT2D eigenvalue weighted by molar-refractivity contribution is 7.98. The number of benzene rings is 2. The lowest BCUT2D eigenvalue weighted by Crippen LogP contribution is -3.10. The van der Waals surface area contributed by atoms with Crippen molar-refractivity contribution in [3.05, 3.63) is 48.0 Å². The number of nitrogens with one attached hydrogen (secondary N) is 2. The van der Waals surface area contributed by atoms with Gasteiger partial charge in [0, 0.05) is 11.3 Å². The molecule has 0 aliphatic carbocycles. The van der Waals surface area contributed by atoms with Gasteiger partial charge in [-0.3, -0.25) is 4.79 Å². The van der Waals surface area contributed by atoms with Gasteiger partial charge in [-0.25, -0.2) is 0 Å². The first-order chi connectivity index (χ1) is 12.6. The van der Waals surface area contributed by atoms with Gasteiger partial charge in [-0.05, 0) is 36.1 Å². The number of carbonyl (C=O) groups is 1. The number of methoxy groups -OCH3 is 2. The molecule has 0 saturated heterocycles. The second-order valence-corrected chi connectivity index (χ2v) is 6.92. The zero-order chi connectivity index (χ0) is 18.9. The summed E-state index contributed by atoms with van der Waals surface area (Å²) in [6, 6.07) is 13.8. The maximum absolute atomic E-state index is 12.3. The Labute approximate surface area is 159 Å². The number of rotatable bonds is 9. The van der Waals surface area contributed by atoms with Crippen LogP contribution in [0.5, 0.6) is 11.5 Å². The maximum Gasteiger partial charge on any atom is 0.279 e. The van der Waals surface area contributed by atoms with Crippen molar-refractivity contribution in [3.8, 4) is 11.5 Å². The van der Waals surface area contributed by atoms with Gasteiger partial charge >= 0.3 is 0 Å². The lowest BCUT2D eigenvalue weighted by molar-refractivity contribution is -0.870. The number of hydrogen-bond acceptors (Lipinski definition) is 4. The molecule has 2 aromatic rings. The summed E-state index contributed by atoms with van der Waals surface area (Å²) < 4.78 is 10.6. The average molecular weight is 376 g/mol. The summed E-state index contributed by atoms with van der Waals surface area (Å²) in [5, 5.41) is 3.01. The molecule has 0 fully saturated rings. The van der Waals surface area contributed by atoms with Gasteiger partial charge in [0.1, 0.15) is 0 Å². The number of likely N-dealkylation sites (N-methyl/N-ethyl adjacent to an activating group) is 1. The minimum absolute atomic E-state index is 0.0244. The second-order valence-electron chi connectivity index (χ2n) is 6.07. The van der Waals surface area contributed by atoms with E-state index in [4.69, 9.17) is 9.47 Å². The Hall–Kier alpha value is -2.18. The van der Waals surface area contributed by atoms with Gasteiger partial charge in [0.15, 0.2) is 18.0 Å². The van der Waals surface area contributed by atoms with E-state index in [0.29, 0.717) is 6.54 Å². The molecule has 5 nitrogen and oxygen atoms in total. The van der Waals surface area contributed by atoms with Crippen molar-refractivity contribution >= 4 is 23.4 Å².